The van der Waals surface area contributed by atoms with Gasteiger partial charge < -0.3 is 4.90 Å². The molecule has 3 aliphatic carbocycles. The average Bonchev–Trinajstić information content (AvgIpc) is 3.88. The maximum atomic E-state index is 2.57. The number of hydrogen-bond donors (Lipinski definition) is 0. The molecular formula is C54H39NS. The molecule has 0 amide bonds. The van der Waals surface area contributed by atoms with E-state index in [1.165, 1.54) is 92.9 Å². The molecule has 0 saturated heterocycles. The minimum absolute atomic E-state index is 0.0495. The van der Waals surface area contributed by atoms with Gasteiger partial charge in [0.15, 0.2) is 0 Å². The van der Waals surface area contributed by atoms with Crippen molar-refractivity contribution in [1.82, 2.24) is 0 Å². The van der Waals surface area contributed by atoms with Crippen LogP contribution in [0.1, 0.15) is 47.9 Å². The van der Waals surface area contributed by atoms with Crippen molar-refractivity contribution in [1.29, 1.82) is 0 Å². The third-order valence-electron chi connectivity index (χ3n) is 13.5. The Balaban J connectivity index is 1.03. The maximum Gasteiger partial charge on any atom is 0.0640 e. The van der Waals surface area contributed by atoms with Crippen LogP contribution in [0, 0.1) is 0 Å². The molecule has 0 unspecified atom stereocenters. The van der Waals surface area contributed by atoms with Crippen molar-refractivity contribution in [3.05, 3.63) is 210 Å². The Hall–Kier alpha value is -6.22. The summed E-state index contributed by atoms with van der Waals surface area (Å²) in [5.74, 6) is 0. The van der Waals surface area contributed by atoms with Crippen molar-refractivity contribution in [2.24, 2.45) is 0 Å². The Morgan fingerprint density at radius 2 is 0.875 bits per heavy atom. The first-order chi connectivity index (χ1) is 27.7. The molecule has 0 atom stereocenters. The van der Waals surface area contributed by atoms with Gasteiger partial charge in [0.2, 0.25) is 0 Å². The summed E-state index contributed by atoms with van der Waals surface area (Å²) >= 11 is 1.90. The summed E-state index contributed by atoms with van der Waals surface area (Å²) < 4.78 is 2.64. The maximum absolute atomic E-state index is 2.57. The van der Waals surface area contributed by atoms with E-state index in [1.54, 1.807) is 0 Å². The molecule has 0 N–H and O–H groups in total. The van der Waals surface area contributed by atoms with Gasteiger partial charge >= 0.3 is 0 Å². The average molecular weight is 734 g/mol. The Bertz CT molecular complexity index is 2930. The molecular weight excluding hydrogens is 695 g/mol. The summed E-state index contributed by atoms with van der Waals surface area (Å²) in [7, 11) is 0. The molecule has 1 heterocycles. The van der Waals surface area contributed by atoms with Crippen LogP contribution in [0.4, 0.5) is 17.1 Å². The lowest BCUT2D eigenvalue weighted by atomic mass is 9.57. The number of benzene rings is 8. The number of hydrogen-bond acceptors (Lipinski definition) is 2. The van der Waals surface area contributed by atoms with Crippen LogP contribution in [-0.4, -0.2) is 0 Å². The van der Waals surface area contributed by atoms with Gasteiger partial charge in [-0.05, 0) is 118 Å². The van der Waals surface area contributed by atoms with Gasteiger partial charge in [-0.1, -0.05) is 152 Å². The SMILES string of the molecule is c1ccc(-c2ccc(N(c3ccc4c(c3)C3(CCC5(CC3)c3ccccc3-c3ccccc35)c3ccccc3-4)c3cccc4c3sc3ccccc34)cc2)cc1. The normalized spacial score (nSPS) is 15.5. The summed E-state index contributed by atoms with van der Waals surface area (Å²) in [5.41, 5.74) is 17.8. The Labute approximate surface area is 332 Å². The minimum Gasteiger partial charge on any atom is -0.309 e. The Morgan fingerprint density at radius 1 is 0.375 bits per heavy atom. The van der Waals surface area contributed by atoms with E-state index in [0.29, 0.717) is 0 Å². The van der Waals surface area contributed by atoms with E-state index in [9.17, 15) is 0 Å². The predicted molar refractivity (Wildman–Crippen MR) is 237 cm³/mol. The van der Waals surface area contributed by atoms with Crippen molar-refractivity contribution in [3.8, 4) is 33.4 Å². The van der Waals surface area contributed by atoms with E-state index >= 15 is 0 Å². The molecule has 12 rings (SSSR count). The molecule has 1 nitrogen and oxygen atoms in total. The van der Waals surface area contributed by atoms with E-state index < -0.39 is 0 Å². The van der Waals surface area contributed by atoms with Crippen molar-refractivity contribution < 1.29 is 0 Å². The molecule has 1 aromatic heterocycles. The van der Waals surface area contributed by atoms with Crippen LogP contribution in [-0.2, 0) is 10.8 Å². The van der Waals surface area contributed by atoms with E-state index in [1.807, 2.05) is 11.3 Å². The summed E-state index contributed by atoms with van der Waals surface area (Å²) in [4.78, 5) is 2.53. The first-order valence-corrected chi connectivity index (χ1v) is 20.8. The molecule has 0 aliphatic heterocycles. The summed E-state index contributed by atoms with van der Waals surface area (Å²) in [5, 5.41) is 2.64. The van der Waals surface area contributed by atoms with Crippen molar-refractivity contribution in [3.63, 3.8) is 0 Å². The van der Waals surface area contributed by atoms with Gasteiger partial charge in [-0.3, -0.25) is 0 Å². The number of fused-ring (bicyclic) bond motifs is 13. The smallest absolute Gasteiger partial charge is 0.0640 e. The molecule has 0 radical (unpaired) electrons. The summed E-state index contributed by atoms with van der Waals surface area (Å²) in [6.45, 7) is 0. The number of nitrogens with zero attached hydrogens (tertiary/aromatic N) is 1. The second-order valence-corrected chi connectivity index (χ2v) is 17.1. The molecule has 0 bridgehead atoms. The van der Waals surface area contributed by atoms with Crippen molar-refractivity contribution >= 4 is 48.6 Å². The molecule has 1 saturated carbocycles. The highest BCUT2D eigenvalue weighted by molar-refractivity contribution is 7.26. The van der Waals surface area contributed by atoms with E-state index in [-0.39, 0.29) is 10.8 Å². The molecule has 9 aromatic rings. The quantitative estimate of drug-likeness (QED) is 0.174. The van der Waals surface area contributed by atoms with Gasteiger partial charge in [0, 0.05) is 37.7 Å². The van der Waals surface area contributed by atoms with Crippen LogP contribution in [0.3, 0.4) is 0 Å². The third kappa shape index (κ3) is 4.48. The lowest BCUT2D eigenvalue weighted by Gasteiger charge is -2.45. The van der Waals surface area contributed by atoms with Gasteiger partial charge in [0.05, 0.1) is 10.4 Å². The molecule has 3 aliphatic rings. The molecule has 2 spiro atoms. The van der Waals surface area contributed by atoms with Crippen molar-refractivity contribution in [2.45, 2.75) is 36.5 Å². The monoisotopic (exact) mass is 733 g/mol. The highest BCUT2D eigenvalue weighted by atomic mass is 32.1. The molecule has 266 valence electrons. The fraction of sp³-hybridized carbons (Fsp3) is 0.111. The first-order valence-electron chi connectivity index (χ1n) is 20.0. The number of anilines is 3. The zero-order chi connectivity index (χ0) is 36.8. The van der Waals surface area contributed by atoms with Gasteiger partial charge in [0.25, 0.3) is 0 Å². The van der Waals surface area contributed by atoms with Crippen molar-refractivity contribution in [2.75, 3.05) is 4.90 Å². The Morgan fingerprint density at radius 3 is 1.54 bits per heavy atom. The highest BCUT2D eigenvalue weighted by Gasteiger charge is 2.53. The van der Waals surface area contributed by atoms with Crippen LogP contribution < -0.4 is 4.90 Å². The summed E-state index contributed by atoms with van der Waals surface area (Å²) in [6.07, 6.45) is 4.48. The molecule has 2 heteroatoms. The van der Waals surface area contributed by atoms with Crippen LogP contribution in [0.2, 0.25) is 0 Å². The van der Waals surface area contributed by atoms with E-state index in [2.05, 4.69) is 193 Å². The largest absolute Gasteiger partial charge is 0.309 e. The summed E-state index contributed by atoms with van der Waals surface area (Å²) in [6, 6.07) is 70.7. The third-order valence-corrected chi connectivity index (χ3v) is 14.7. The fourth-order valence-electron chi connectivity index (χ4n) is 10.9. The number of rotatable bonds is 4. The van der Waals surface area contributed by atoms with E-state index in [0.717, 1.165) is 25.7 Å². The topological polar surface area (TPSA) is 3.24 Å². The second kappa shape index (κ2) is 12.1. The zero-order valence-corrected chi connectivity index (χ0v) is 31.9. The molecule has 56 heavy (non-hydrogen) atoms. The van der Waals surface area contributed by atoms with Crippen LogP contribution in [0.5, 0.6) is 0 Å². The zero-order valence-electron chi connectivity index (χ0n) is 31.1. The number of thiophene rings is 1. The van der Waals surface area contributed by atoms with Gasteiger partial charge in [0.1, 0.15) is 0 Å². The standard InChI is InChI=1S/C54H39NS/c1-2-13-36(14-3-1)37-25-27-38(28-26-37)55(50-23-12-19-45-44-18-7-11-24-51(44)56-52(45)50)39-29-30-43-42-17-6-10-22-48(42)54(49(43)35-39)33-31-53(32-34-54)46-20-8-4-15-40(46)41-16-5-9-21-47(41)53/h1-30,35H,31-34H2. The van der Waals surface area contributed by atoms with Gasteiger partial charge in [-0.15, -0.1) is 11.3 Å². The van der Waals surface area contributed by atoms with Gasteiger partial charge in [-0.25, -0.2) is 0 Å². The lowest BCUT2D eigenvalue weighted by Crippen LogP contribution is -2.39. The highest BCUT2D eigenvalue weighted by Crippen LogP contribution is 2.64. The van der Waals surface area contributed by atoms with Crippen LogP contribution >= 0.6 is 11.3 Å². The van der Waals surface area contributed by atoms with Crippen LogP contribution in [0.25, 0.3) is 53.6 Å². The molecule has 8 aromatic carbocycles. The predicted octanol–water partition coefficient (Wildman–Crippen LogP) is 15.0. The van der Waals surface area contributed by atoms with E-state index in [4.69, 9.17) is 0 Å². The Kier molecular flexibility index (Phi) is 6.95. The van der Waals surface area contributed by atoms with Gasteiger partial charge in [-0.2, -0.15) is 0 Å². The second-order valence-electron chi connectivity index (χ2n) is 16.0. The minimum atomic E-state index is -0.0495. The first kappa shape index (κ1) is 32.1. The molecule has 1 fully saturated rings. The fourth-order valence-corrected chi connectivity index (χ4v) is 12.2. The lowest BCUT2D eigenvalue weighted by molar-refractivity contribution is 0.265. The van der Waals surface area contributed by atoms with Crippen LogP contribution in [0.15, 0.2) is 188 Å².